The van der Waals surface area contributed by atoms with Gasteiger partial charge in [0.1, 0.15) is 0 Å². The molecule has 4 nitrogen and oxygen atoms in total. The molecule has 0 radical (unpaired) electrons. The van der Waals surface area contributed by atoms with Gasteiger partial charge in [0.25, 0.3) is 0 Å². The van der Waals surface area contributed by atoms with Crippen molar-refractivity contribution in [1.82, 2.24) is 10.2 Å². The lowest BCUT2D eigenvalue weighted by atomic mass is 10.0. The first-order valence-electron chi connectivity index (χ1n) is 5.94. The van der Waals surface area contributed by atoms with Crippen LogP contribution in [0.25, 0.3) is 0 Å². The van der Waals surface area contributed by atoms with Crippen molar-refractivity contribution in [2.24, 2.45) is 11.8 Å². The van der Waals surface area contributed by atoms with E-state index in [1.54, 1.807) is 0 Å². The molecule has 3 rings (SSSR count). The van der Waals surface area contributed by atoms with Gasteiger partial charge in [-0.15, -0.1) is 0 Å². The van der Waals surface area contributed by atoms with Gasteiger partial charge in [-0.2, -0.15) is 0 Å². The Labute approximate surface area is 90.0 Å². The lowest BCUT2D eigenvalue weighted by molar-refractivity contribution is -0.132. The smallest absolute Gasteiger partial charge is 0.239 e. The predicted molar refractivity (Wildman–Crippen MR) is 55.4 cm³/mol. The topological polar surface area (TPSA) is 41.6 Å². The Balaban J connectivity index is 1.61. The molecule has 3 fully saturated rings. The first-order valence-corrected chi connectivity index (χ1v) is 5.94. The molecule has 0 unspecified atom stereocenters. The van der Waals surface area contributed by atoms with E-state index in [4.69, 9.17) is 4.74 Å². The Morgan fingerprint density at radius 3 is 2.60 bits per heavy atom. The average molecular weight is 210 g/mol. The van der Waals surface area contributed by atoms with Crippen molar-refractivity contribution in [3.8, 4) is 0 Å². The molecule has 3 aliphatic heterocycles. The normalized spacial score (nSPS) is 39.7. The summed E-state index contributed by atoms with van der Waals surface area (Å²) in [6.07, 6.45) is 2.15. The molecule has 0 saturated carbocycles. The van der Waals surface area contributed by atoms with E-state index in [0.717, 1.165) is 45.7 Å². The summed E-state index contributed by atoms with van der Waals surface area (Å²) in [7, 11) is 0. The molecule has 4 heteroatoms. The van der Waals surface area contributed by atoms with E-state index < -0.39 is 0 Å². The largest absolute Gasteiger partial charge is 0.381 e. The maximum Gasteiger partial charge on any atom is 0.239 e. The van der Waals surface area contributed by atoms with Crippen molar-refractivity contribution in [2.75, 3.05) is 32.8 Å². The Hall–Kier alpha value is -0.610. The third kappa shape index (κ3) is 1.66. The molecule has 1 N–H and O–H groups in total. The summed E-state index contributed by atoms with van der Waals surface area (Å²) in [4.78, 5) is 14.1. The van der Waals surface area contributed by atoms with E-state index >= 15 is 0 Å². The Morgan fingerprint density at radius 1 is 1.27 bits per heavy atom. The summed E-state index contributed by atoms with van der Waals surface area (Å²) >= 11 is 0. The number of fused-ring (bicyclic) bond motifs is 1. The van der Waals surface area contributed by atoms with Crippen molar-refractivity contribution in [3.63, 3.8) is 0 Å². The molecule has 1 amide bonds. The van der Waals surface area contributed by atoms with Crippen LogP contribution in [0.3, 0.4) is 0 Å². The number of hydrogen-bond donors (Lipinski definition) is 1. The molecule has 15 heavy (non-hydrogen) atoms. The second-order valence-corrected chi connectivity index (χ2v) is 4.95. The van der Waals surface area contributed by atoms with Gasteiger partial charge in [-0.05, 0) is 19.4 Å². The molecule has 3 heterocycles. The van der Waals surface area contributed by atoms with Crippen LogP contribution < -0.4 is 5.32 Å². The highest BCUT2D eigenvalue weighted by Gasteiger charge is 2.40. The van der Waals surface area contributed by atoms with Crippen LogP contribution in [0.5, 0.6) is 0 Å². The summed E-state index contributed by atoms with van der Waals surface area (Å²) in [5.41, 5.74) is 0. The number of carbonyl (C=O) groups excluding carboxylic acids is 1. The van der Waals surface area contributed by atoms with E-state index in [0.29, 0.717) is 17.7 Å². The van der Waals surface area contributed by atoms with E-state index in [9.17, 15) is 4.79 Å². The van der Waals surface area contributed by atoms with Crippen LogP contribution in [0.4, 0.5) is 0 Å². The summed E-state index contributed by atoms with van der Waals surface area (Å²) < 4.78 is 5.41. The first kappa shape index (κ1) is 9.60. The Morgan fingerprint density at radius 2 is 2.00 bits per heavy atom. The van der Waals surface area contributed by atoms with Gasteiger partial charge >= 0.3 is 0 Å². The summed E-state index contributed by atoms with van der Waals surface area (Å²) in [6.45, 7) is 4.54. The van der Waals surface area contributed by atoms with Crippen LogP contribution in [0.15, 0.2) is 0 Å². The zero-order valence-corrected chi connectivity index (χ0v) is 8.95. The second kappa shape index (κ2) is 3.76. The number of likely N-dealkylation sites (tertiary alicyclic amines) is 1. The van der Waals surface area contributed by atoms with Gasteiger partial charge in [0.15, 0.2) is 0 Å². The molecular formula is C11H18N2O2. The van der Waals surface area contributed by atoms with Crippen molar-refractivity contribution in [2.45, 2.75) is 18.9 Å². The van der Waals surface area contributed by atoms with Crippen LogP contribution in [0, 0.1) is 11.8 Å². The van der Waals surface area contributed by atoms with Crippen LogP contribution in [0.2, 0.25) is 0 Å². The highest BCUT2D eigenvalue weighted by molar-refractivity contribution is 5.82. The van der Waals surface area contributed by atoms with Gasteiger partial charge < -0.3 is 15.0 Å². The SMILES string of the molecule is O=C([C@H]1CCCN1)N1C[C@H]2COC[C@H]2C1. The summed E-state index contributed by atoms with van der Waals surface area (Å²) in [5.74, 6) is 1.53. The molecular weight excluding hydrogens is 192 g/mol. The molecule has 0 aromatic carbocycles. The van der Waals surface area contributed by atoms with Crippen LogP contribution in [0.1, 0.15) is 12.8 Å². The summed E-state index contributed by atoms with van der Waals surface area (Å²) in [6, 6.07) is 0.102. The number of nitrogens with zero attached hydrogens (tertiary/aromatic N) is 1. The predicted octanol–water partition coefficient (Wildman–Crippen LogP) is -0.157. The fourth-order valence-electron chi connectivity index (χ4n) is 2.98. The van der Waals surface area contributed by atoms with Gasteiger partial charge in [-0.1, -0.05) is 0 Å². The van der Waals surface area contributed by atoms with E-state index in [-0.39, 0.29) is 6.04 Å². The molecule has 0 spiro atoms. The third-order valence-corrected chi connectivity index (χ3v) is 3.91. The standard InChI is InChI=1S/C11H18N2O2/c14-11(10-2-1-3-12-10)13-4-8-6-15-7-9(8)5-13/h8-10,12H,1-7H2/t8-,9+,10-/m1/s1. The first-order chi connectivity index (χ1) is 7.34. The number of rotatable bonds is 1. The van der Waals surface area contributed by atoms with Crippen LogP contribution in [-0.4, -0.2) is 49.7 Å². The molecule has 3 atom stereocenters. The molecule has 0 aromatic heterocycles. The minimum absolute atomic E-state index is 0.102. The van der Waals surface area contributed by atoms with E-state index in [1.807, 2.05) is 4.90 Å². The Bertz CT molecular complexity index is 251. The lowest BCUT2D eigenvalue weighted by Crippen LogP contribution is -2.43. The van der Waals surface area contributed by atoms with Crippen LogP contribution >= 0.6 is 0 Å². The lowest BCUT2D eigenvalue weighted by Gasteiger charge is -2.21. The fraction of sp³-hybridized carbons (Fsp3) is 0.909. The maximum absolute atomic E-state index is 12.1. The minimum Gasteiger partial charge on any atom is -0.381 e. The van der Waals surface area contributed by atoms with E-state index in [2.05, 4.69) is 5.32 Å². The molecule has 0 bridgehead atoms. The highest BCUT2D eigenvalue weighted by Crippen LogP contribution is 2.29. The van der Waals surface area contributed by atoms with Crippen LogP contribution in [-0.2, 0) is 9.53 Å². The Kier molecular flexibility index (Phi) is 2.41. The molecule has 3 saturated heterocycles. The van der Waals surface area contributed by atoms with Gasteiger partial charge in [0, 0.05) is 24.9 Å². The number of amides is 1. The number of ether oxygens (including phenoxy) is 1. The van der Waals surface area contributed by atoms with E-state index in [1.165, 1.54) is 0 Å². The molecule has 0 aliphatic carbocycles. The highest BCUT2D eigenvalue weighted by atomic mass is 16.5. The fourth-order valence-corrected chi connectivity index (χ4v) is 2.98. The molecule has 0 aromatic rings. The second-order valence-electron chi connectivity index (χ2n) is 4.95. The average Bonchev–Trinajstić information content (AvgIpc) is 2.92. The molecule has 3 aliphatic rings. The minimum atomic E-state index is 0.102. The third-order valence-electron chi connectivity index (χ3n) is 3.91. The molecule has 84 valence electrons. The zero-order chi connectivity index (χ0) is 10.3. The van der Waals surface area contributed by atoms with Crippen molar-refractivity contribution in [3.05, 3.63) is 0 Å². The quantitative estimate of drug-likeness (QED) is 0.654. The van der Waals surface area contributed by atoms with Crippen molar-refractivity contribution in [1.29, 1.82) is 0 Å². The maximum atomic E-state index is 12.1. The number of carbonyl (C=O) groups is 1. The van der Waals surface area contributed by atoms with Gasteiger partial charge in [-0.25, -0.2) is 0 Å². The van der Waals surface area contributed by atoms with Gasteiger partial charge in [-0.3, -0.25) is 4.79 Å². The number of nitrogens with one attached hydrogen (secondary N) is 1. The van der Waals surface area contributed by atoms with Gasteiger partial charge in [0.05, 0.1) is 19.3 Å². The van der Waals surface area contributed by atoms with Crippen molar-refractivity contribution >= 4 is 5.91 Å². The summed E-state index contributed by atoms with van der Waals surface area (Å²) in [5, 5.41) is 3.28. The monoisotopic (exact) mass is 210 g/mol. The zero-order valence-electron chi connectivity index (χ0n) is 8.95. The van der Waals surface area contributed by atoms with Crippen molar-refractivity contribution < 1.29 is 9.53 Å². The number of hydrogen-bond acceptors (Lipinski definition) is 3. The van der Waals surface area contributed by atoms with Gasteiger partial charge in [0.2, 0.25) is 5.91 Å².